The molecule has 1 amide bonds. The number of methoxy groups -OCH3 is 2. The lowest BCUT2D eigenvalue weighted by Gasteiger charge is -2.49. The van der Waals surface area contributed by atoms with Gasteiger partial charge in [0.1, 0.15) is 0 Å². The number of rotatable bonds is 4. The molecule has 2 bridgehead atoms. The fourth-order valence-electron chi connectivity index (χ4n) is 4.04. The number of hydrogen-bond donors (Lipinski definition) is 1. The second-order valence-electron chi connectivity index (χ2n) is 6.47. The van der Waals surface area contributed by atoms with Crippen LogP contribution in [0.5, 0.6) is 0 Å². The van der Waals surface area contributed by atoms with Crippen molar-refractivity contribution in [3.05, 3.63) is 42.5 Å². The van der Waals surface area contributed by atoms with E-state index in [0.29, 0.717) is 18.5 Å². The number of para-hydroxylation sites is 1. The summed E-state index contributed by atoms with van der Waals surface area (Å²) < 4.78 is 9.83. The van der Waals surface area contributed by atoms with Crippen LogP contribution in [0.2, 0.25) is 0 Å². The Bertz CT molecular complexity index is 714. The zero-order valence-electron chi connectivity index (χ0n) is 14.2. The number of carbonyl (C=O) groups is 3. The third kappa shape index (κ3) is 2.81. The Balaban J connectivity index is 1.99. The van der Waals surface area contributed by atoms with Gasteiger partial charge in [0.2, 0.25) is 5.91 Å². The average Bonchev–Trinajstić information content (AvgIpc) is 2.67. The summed E-state index contributed by atoms with van der Waals surface area (Å²) in [4.78, 5) is 37.9. The summed E-state index contributed by atoms with van der Waals surface area (Å²) in [6.45, 7) is 0. The first-order valence-corrected chi connectivity index (χ1v) is 8.25. The van der Waals surface area contributed by atoms with E-state index in [-0.39, 0.29) is 11.8 Å². The second-order valence-corrected chi connectivity index (χ2v) is 6.47. The molecule has 0 aliphatic heterocycles. The number of nitrogens with one attached hydrogen (secondary N) is 1. The number of allylic oxidation sites excluding steroid dienone is 1. The van der Waals surface area contributed by atoms with Gasteiger partial charge >= 0.3 is 11.9 Å². The molecule has 3 aliphatic rings. The molecule has 25 heavy (non-hydrogen) atoms. The van der Waals surface area contributed by atoms with Crippen molar-refractivity contribution in [3.63, 3.8) is 0 Å². The smallest absolute Gasteiger partial charge is 0.310 e. The number of amides is 1. The molecule has 4 rings (SSSR count). The SMILES string of the molecule is COC(=O)C1C2C=CC(C(=O)Nc3ccccc3)(CC2)C1C(=O)OC. The molecule has 3 aliphatic carbocycles. The molecule has 0 heterocycles. The number of benzene rings is 1. The van der Waals surface area contributed by atoms with Crippen LogP contribution in [0.3, 0.4) is 0 Å². The van der Waals surface area contributed by atoms with Gasteiger partial charge in [0, 0.05) is 5.69 Å². The zero-order chi connectivity index (χ0) is 18.0. The summed E-state index contributed by atoms with van der Waals surface area (Å²) >= 11 is 0. The molecular weight excluding hydrogens is 322 g/mol. The Hall–Kier alpha value is -2.63. The monoisotopic (exact) mass is 343 g/mol. The summed E-state index contributed by atoms with van der Waals surface area (Å²) in [5.74, 6) is -3.08. The molecule has 0 spiro atoms. The number of carbonyl (C=O) groups excluding carboxylic acids is 3. The maximum atomic E-state index is 13.1. The predicted molar refractivity (Wildman–Crippen MR) is 90.4 cm³/mol. The molecular formula is C19H21NO5. The van der Waals surface area contributed by atoms with Crippen molar-refractivity contribution in [2.75, 3.05) is 19.5 Å². The fraction of sp³-hybridized carbons (Fsp3) is 0.421. The summed E-state index contributed by atoms with van der Waals surface area (Å²) in [6, 6.07) is 9.03. The van der Waals surface area contributed by atoms with Gasteiger partial charge in [-0.2, -0.15) is 0 Å². The quantitative estimate of drug-likeness (QED) is 0.669. The lowest BCUT2D eigenvalue weighted by atomic mass is 9.53. The Morgan fingerprint density at radius 2 is 1.76 bits per heavy atom. The minimum Gasteiger partial charge on any atom is -0.469 e. The van der Waals surface area contributed by atoms with E-state index in [1.165, 1.54) is 14.2 Å². The number of fused-ring (bicyclic) bond motifs is 2. The van der Waals surface area contributed by atoms with Crippen LogP contribution in [0.15, 0.2) is 42.5 Å². The molecule has 0 aromatic heterocycles. The molecule has 0 radical (unpaired) electrons. The van der Waals surface area contributed by atoms with Crippen LogP contribution in [0.1, 0.15) is 12.8 Å². The first-order valence-electron chi connectivity index (χ1n) is 8.25. The lowest BCUT2D eigenvalue weighted by molar-refractivity contribution is -0.171. The zero-order valence-corrected chi connectivity index (χ0v) is 14.2. The number of esters is 2. The van der Waals surface area contributed by atoms with E-state index < -0.39 is 29.2 Å². The normalized spacial score (nSPS) is 29.8. The topological polar surface area (TPSA) is 81.7 Å². The van der Waals surface area contributed by atoms with Gasteiger partial charge in [-0.05, 0) is 30.9 Å². The van der Waals surface area contributed by atoms with E-state index >= 15 is 0 Å². The average molecular weight is 343 g/mol. The molecule has 0 saturated heterocycles. The molecule has 4 unspecified atom stereocenters. The van der Waals surface area contributed by atoms with E-state index in [4.69, 9.17) is 9.47 Å². The Kier molecular flexibility index (Phi) is 4.61. The Morgan fingerprint density at radius 1 is 1.08 bits per heavy atom. The van der Waals surface area contributed by atoms with Crippen LogP contribution in [0, 0.1) is 23.2 Å². The van der Waals surface area contributed by atoms with Crippen LogP contribution in [-0.4, -0.2) is 32.1 Å². The molecule has 1 N–H and O–H groups in total. The molecule has 1 aromatic rings. The van der Waals surface area contributed by atoms with Gasteiger partial charge in [-0.3, -0.25) is 14.4 Å². The summed E-state index contributed by atoms with van der Waals surface area (Å²) in [6.07, 6.45) is 4.75. The van der Waals surface area contributed by atoms with Gasteiger partial charge < -0.3 is 14.8 Å². The van der Waals surface area contributed by atoms with Crippen molar-refractivity contribution in [2.24, 2.45) is 23.2 Å². The van der Waals surface area contributed by atoms with Crippen molar-refractivity contribution in [2.45, 2.75) is 12.8 Å². The van der Waals surface area contributed by atoms with Gasteiger partial charge in [-0.25, -0.2) is 0 Å². The van der Waals surface area contributed by atoms with Gasteiger partial charge in [-0.15, -0.1) is 0 Å². The van der Waals surface area contributed by atoms with E-state index in [1.54, 1.807) is 18.2 Å². The van der Waals surface area contributed by atoms with E-state index in [2.05, 4.69) is 5.32 Å². The molecule has 4 atom stereocenters. The van der Waals surface area contributed by atoms with E-state index in [1.807, 2.05) is 24.3 Å². The van der Waals surface area contributed by atoms with Crippen molar-refractivity contribution in [1.29, 1.82) is 0 Å². The number of ether oxygens (including phenoxy) is 2. The van der Waals surface area contributed by atoms with Crippen molar-refractivity contribution < 1.29 is 23.9 Å². The highest BCUT2D eigenvalue weighted by Gasteiger charge is 2.60. The molecule has 1 saturated carbocycles. The number of anilines is 1. The molecule has 1 fully saturated rings. The largest absolute Gasteiger partial charge is 0.469 e. The molecule has 6 nitrogen and oxygen atoms in total. The van der Waals surface area contributed by atoms with Gasteiger partial charge in [0.05, 0.1) is 31.5 Å². The maximum absolute atomic E-state index is 13.1. The standard InChI is InChI=1S/C19H21NO5/c1-24-16(21)14-12-8-10-19(11-9-12,15(14)17(22)25-2)18(23)20-13-6-4-3-5-7-13/h3-8,10,12,14-15H,9,11H2,1-2H3,(H,20,23). The van der Waals surface area contributed by atoms with Gasteiger partial charge in [0.25, 0.3) is 0 Å². The summed E-state index contributed by atoms with van der Waals surface area (Å²) in [5, 5.41) is 2.86. The third-order valence-corrected chi connectivity index (χ3v) is 5.29. The highest BCUT2D eigenvalue weighted by atomic mass is 16.5. The van der Waals surface area contributed by atoms with Crippen LogP contribution >= 0.6 is 0 Å². The second kappa shape index (κ2) is 6.70. The maximum Gasteiger partial charge on any atom is 0.310 e. The van der Waals surface area contributed by atoms with Crippen LogP contribution < -0.4 is 5.32 Å². The van der Waals surface area contributed by atoms with Crippen LogP contribution in [0.25, 0.3) is 0 Å². The summed E-state index contributed by atoms with van der Waals surface area (Å²) in [5.41, 5.74) is -0.475. The van der Waals surface area contributed by atoms with Crippen LogP contribution in [-0.2, 0) is 23.9 Å². The van der Waals surface area contributed by atoms with Crippen molar-refractivity contribution >= 4 is 23.5 Å². The van der Waals surface area contributed by atoms with Crippen LogP contribution in [0.4, 0.5) is 5.69 Å². The minimum atomic E-state index is -1.11. The third-order valence-electron chi connectivity index (χ3n) is 5.29. The summed E-state index contributed by atoms with van der Waals surface area (Å²) in [7, 11) is 2.56. The molecule has 132 valence electrons. The van der Waals surface area contributed by atoms with Crippen molar-refractivity contribution in [1.82, 2.24) is 0 Å². The lowest BCUT2D eigenvalue weighted by Crippen LogP contribution is -2.57. The highest BCUT2D eigenvalue weighted by molar-refractivity contribution is 6.01. The molecule has 1 aromatic carbocycles. The van der Waals surface area contributed by atoms with Gasteiger partial charge in [-0.1, -0.05) is 30.4 Å². The Labute approximate surface area is 146 Å². The fourth-order valence-corrected chi connectivity index (χ4v) is 4.04. The first kappa shape index (κ1) is 17.2. The highest BCUT2D eigenvalue weighted by Crippen LogP contribution is 2.54. The van der Waals surface area contributed by atoms with Crippen molar-refractivity contribution in [3.8, 4) is 0 Å². The molecule has 6 heteroatoms. The van der Waals surface area contributed by atoms with Gasteiger partial charge in [0.15, 0.2) is 0 Å². The Morgan fingerprint density at radius 3 is 2.32 bits per heavy atom. The minimum absolute atomic E-state index is 0.122. The number of hydrogen-bond acceptors (Lipinski definition) is 5. The van der Waals surface area contributed by atoms with E-state index in [9.17, 15) is 14.4 Å². The predicted octanol–water partition coefficient (Wildman–Crippen LogP) is 2.17. The van der Waals surface area contributed by atoms with E-state index in [0.717, 1.165) is 0 Å². The first-order chi connectivity index (χ1) is 12.0.